The summed E-state index contributed by atoms with van der Waals surface area (Å²) in [4.78, 5) is 8.87. The Bertz CT molecular complexity index is 364. The molecule has 4 nitrogen and oxygen atoms in total. The molecule has 88 valence electrons. The molecule has 0 radical (unpaired) electrons. The lowest BCUT2D eigenvalue weighted by Crippen LogP contribution is -2.36. The number of anilines is 2. The van der Waals surface area contributed by atoms with E-state index in [-0.39, 0.29) is 0 Å². The summed E-state index contributed by atoms with van der Waals surface area (Å²) < 4.78 is 6.52. The molecule has 0 atom stereocenters. The predicted molar refractivity (Wildman–Crippen MR) is 74.3 cm³/mol. The third kappa shape index (κ3) is 2.57. The molecule has 0 aliphatic carbocycles. The van der Waals surface area contributed by atoms with Crippen molar-refractivity contribution in [1.29, 1.82) is 0 Å². The molecule has 2 heterocycles. The van der Waals surface area contributed by atoms with Gasteiger partial charge in [-0.15, -0.1) is 0 Å². The van der Waals surface area contributed by atoms with Crippen LogP contribution in [0.5, 0.6) is 0 Å². The summed E-state index contributed by atoms with van der Waals surface area (Å²) in [5.74, 6) is 1.05. The van der Waals surface area contributed by atoms with Gasteiger partial charge in [0.25, 0.3) is 0 Å². The minimum atomic E-state index is 0.797. The molecule has 0 unspecified atom stereocenters. The molecule has 5 heteroatoms. The Labute approximate surface area is 110 Å². The van der Waals surface area contributed by atoms with E-state index in [0.29, 0.717) is 0 Å². The van der Waals surface area contributed by atoms with Gasteiger partial charge in [-0.05, 0) is 22.6 Å². The van der Waals surface area contributed by atoms with Crippen molar-refractivity contribution in [3.8, 4) is 0 Å². The highest BCUT2D eigenvalue weighted by Crippen LogP contribution is 2.24. The number of hydrogen-bond donors (Lipinski definition) is 0. The maximum absolute atomic E-state index is 5.34. The summed E-state index contributed by atoms with van der Waals surface area (Å²) in [6, 6.07) is 2.15. The van der Waals surface area contributed by atoms with Gasteiger partial charge < -0.3 is 14.5 Å². The van der Waals surface area contributed by atoms with E-state index in [4.69, 9.17) is 4.74 Å². The summed E-state index contributed by atoms with van der Waals surface area (Å²) in [5.41, 5.74) is 1.22. The van der Waals surface area contributed by atoms with Gasteiger partial charge in [-0.25, -0.2) is 4.98 Å². The van der Waals surface area contributed by atoms with Crippen LogP contribution < -0.4 is 9.80 Å². The van der Waals surface area contributed by atoms with E-state index in [0.717, 1.165) is 32.1 Å². The van der Waals surface area contributed by atoms with Crippen LogP contribution in [0.2, 0.25) is 0 Å². The lowest BCUT2D eigenvalue weighted by atomic mass is 10.3. The van der Waals surface area contributed by atoms with Crippen molar-refractivity contribution in [3.05, 3.63) is 15.8 Å². The molecule has 1 aliphatic rings. The van der Waals surface area contributed by atoms with Crippen molar-refractivity contribution in [2.75, 3.05) is 50.2 Å². The van der Waals surface area contributed by atoms with Crippen molar-refractivity contribution in [1.82, 2.24) is 4.98 Å². The Kier molecular flexibility index (Phi) is 3.86. The highest BCUT2D eigenvalue weighted by molar-refractivity contribution is 14.1. The minimum absolute atomic E-state index is 0.797. The maximum atomic E-state index is 5.34. The summed E-state index contributed by atoms with van der Waals surface area (Å²) in [6.07, 6.45) is 1.93. The number of aromatic nitrogens is 1. The van der Waals surface area contributed by atoms with E-state index in [1.165, 1.54) is 9.26 Å². The number of hydrogen-bond acceptors (Lipinski definition) is 4. The second-order valence-corrected chi connectivity index (χ2v) is 5.15. The second kappa shape index (κ2) is 5.18. The molecule has 0 bridgehead atoms. The first-order chi connectivity index (χ1) is 7.68. The average molecular weight is 333 g/mol. The number of rotatable bonds is 2. The van der Waals surface area contributed by atoms with Crippen molar-refractivity contribution in [2.45, 2.75) is 0 Å². The molecular formula is C11H16IN3O. The van der Waals surface area contributed by atoms with Crippen LogP contribution in [0.3, 0.4) is 0 Å². The van der Waals surface area contributed by atoms with Gasteiger partial charge in [0.15, 0.2) is 0 Å². The van der Waals surface area contributed by atoms with E-state index in [1.807, 2.05) is 6.20 Å². The van der Waals surface area contributed by atoms with Crippen molar-refractivity contribution < 1.29 is 4.74 Å². The van der Waals surface area contributed by atoms with Gasteiger partial charge in [-0.1, -0.05) is 0 Å². The van der Waals surface area contributed by atoms with E-state index < -0.39 is 0 Å². The van der Waals surface area contributed by atoms with Crippen molar-refractivity contribution in [3.63, 3.8) is 0 Å². The van der Waals surface area contributed by atoms with Gasteiger partial charge >= 0.3 is 0 Å². The Morgan fingerprint density at radius 2 is 2.06 bits per heavy atom. The zero-order chi connectivity index (χ0) is 11.5. The number of morpholine rings is 1. The first-order valence-electron chi connectivity index (χ1n) is 5.34. The van der Waals surface area contributed by atoms with Gasteiger partial charge in [-0.3, -0.25) is 0 Å². The van der Waals surface area contributed by atoms with Gasteiger partial charge in [0, 0.05) is 39.4 Å². The molecule has 1 fully saturated rings. The molecule has 0 saturated carbocycles. The number of nitrogens with zero attached hydrogens (tertiary/aromatic N) is 3. The van der Waals surface area contributed by atoms with Crippen LogP contribution in [0.1, 0.15) is 0 Å². The molecular weight excluding hydrogens is 317 g/mol. The van der Waals surface area contributed by atoms with Crippen LogP contribution in [0.4, 0.5) is 11.5 Å². The zero-order valence-electron chi connectivity index (χ0n) is 9.61. The Morgan fingerprint density at radius 1 is 1.38 bits per heavy atom. The second-order valence-electron chi connectivity index (χ2n) is 3.99. The van der Waals surface area contributed by atoms with Crippen LogP contribution in [0.25, 0.3) is 0 Å². The first-order valence-corrected chi connectivity index (χ1v) is 6.42. The third-order valence-corrected chi connectivity index (χ3v) is 3.47. The maximum Gasteiger partial charge on any atom is 0.130 e. The van der Waals surface area contributed by atoms with Gasteiger partial charge in [0.05, 0.1) is 22.5 Å². The van der Waals surface area contributed by atoms with Crippen molar-refractivity contribution in [2.24, 2.45) is 0 Å². The Morgan fingerprint density at radius 3 is 2.69 bits per heavy atom. The predicted octanol–water partition coefficient (Wildman–Crippen LogP) is 1.59. The molecule has 1 aromatic rings. The molecule has 1 aliphatic heterocycles. The zero-order valence-corrected chi connectivity index (χ0v) is 11.8. The average Bonchev–Trinajstić information content (AvgIpc) is 2.30. The SMILES string of the molecule is CN(C)c1cc(N2CCOCC2)ncc1I. The highest BCUT2D eigenvalue weighted by Gasteiger charge is 2.14. The normalized spacial score (nSPS) is 16.3. The largest absolute Gasteiger partial charge is 0.378 e. The molecule has 0 aromatic carbocycles. The monoisotopic (exact) mass is 333 g/mol. The van der Waals surface area contributed by atoms with E-state index in [9.17, 15) is 0 Å². The van der Waals surface area contributed by atoms with Crippen molar-refractivity contribution >= 4 is 34.1 Å². The molecule has 1 saturated heterocycles. The highest BCUT2D eigenvalue weighted by atomic mass is 127. The van der Waals surface area contributed by atoms with Gasteiger partial charge in [0.1, 0.15) is 5.82 Å². The molecule has 0 amide bonds. The van der Waals surface area contributed by atoms with Gasteiger partial charge in [0.2, 0.25) is 0 Å². The standard InChI is InChI=1S/C11H16IN3O/c1-14(2)10-7-11(13-8-9(10)12)15-3-5-16-6-4-15/h7-8H,3-6H2,1-2H3. The molecule has 0 N–H and O–H groups in total. The van der Waals surface area contributed by atoms with Crippen LogP contribution in [0, 0.1) is 3.57 Å². The van der Waals surface area contributed by atoms with E-state index in [1.54, 1.807) is 0 Å². The number of ether oxygens (including phenoxy) is 1. The molecule has 1 aromatic heterocycles. The quantitative estimate of drug-likeness (QED) is 0.769. The fourth-order valence-electron chi connectivity index (χ4n) is 1.73. The molecule has 0 spiro atoms. The Hall–Kier alpha value is -0.560. The smallest absolute Gasteiger partial charge is 0.130 e. The number of halogens is 1. The summed E-state index contributed by atoms with van der Waals surface area (Å²) >= 11 is 2.32. The molecule has 16 heavy (non-hydrogen) atoms. The lowest BCUT2D eigenvalue weighted by Gasteiger charge is -2.28. The number of pyridine rings is 1. The Balaban J connectivity index is 2.24. The molecule has 2 rings (SSSR count). The first kappa shape index (κ1) is 11.9. The lowest BCUT2D eigenvalue weighted by molar-refractivity contribution is 0.122. The van der Waals surface area contributed by atoms with Crippen LogP contribution >= 0.6 is 22.6 Å². The third-order valence-electron chi connectivity index (χ3n) is 2.64. The summed E-state index contributed by atoms with van der Waals surface area (Å²) in [5, 5.41) is 0. The fourth-order valence-corrected chi connectivity index (χ4v) is 2.50. The minimum Gasteiger partial charge on any atom is -0.378 e. The van der Waals surface area contributed by atoms with E-state index in [2.05, 4.69) is 57.5 Å². The summed E-state index contributed by atoms with van der Waals surface area (Å²) in [7, 11) is 4.11. The fraction of sp³-hybridized carbons (Fsp3) is 0.545. The van der Waals surface area contributed by atoms with Crippen LogP contribution in [-0.4, -0.2) is 45.4 Å². The van der Waals surface area contributed by atoms with Crippen LogP contribution in [0.15, 0.2) is 12.3 Å². The topological polar surface area (TPSA) is 28.6 Å². The van der Waals surface area contributed by atoms with Gasteiger partial charge in [-0.2, -0.15) is 0 Å². The van der Waals surface area contributed by atoms with E-state index >= 15 is 0 Å². The summed E-state index contributed by atoms with van der Waals surface area (Å²) in [6.45, 7) is 3.46. The van der Waals surface area contributed by atoms with Crippen LogP contribution in [-0.2, 0) is 4.74 Å².